The van der Waals surface area contributed by atoms with Crippen molar-refractivity contribution < 1.29 is 9.18 Å². The number of carbonyl (C=O) groups excluding carboxylic acids is 1. The molecule has 2 heterocycles. The van der Waals surface area contributed by atoms with Gasteiger partial charge in [0.25, 0.3) is 5.91 Å². The molecule has 1 aliphatic heterocycles. The monoisotopic (exact) mass is 375 g/mol. The predicted molar refractivity (Wildman–Crippen MR) is 108 cm³/mol. The molecule has 2 aromatic carbocycles. The van der Waals surface area contributed by atoms with Crippen molar-refractivity contribution in [3.8, 4) is 0 Å². The van der Waals surface area contributed by atoms with Crippen LogP contribution in [0.5, 0.6) is 0 Å². The number of fused-ring (bicyclic) bond motifs is 1. The second-order valence-electron chi connectivity index (χ2n) is 7.62. The Bertz CT molecular complexity index is 1040. The summed E-state index contributed by atoms with van der Waals surface area (Å²) in [5.41, 5.74) is 3.28. The quantitative estimate of drug-likeness (QED) is 0.688. The van der Waals surface area contributed by atoms with Gasteiger partial charge in [-0.1, -0.05) is 30.3 Å². The second kappa shape index (κ2) is 6.89. The molecule has 4 nitrogen and oxygen atoms in total. The van der Waals surface area contributed by atoms with Crippen molar-refractivity contribution in [2.45, 2.75) is 18.8 Å². The fraction of sp³-hybridized carbons (Fsp3) is 0.304. The highest BCUT2D eigenvalue weighted by Crippen LogP contribution is 2.40. The number of hydrogen-bond donors (Lipinski definition) is 0. The van der Waals surface area contributed by atoms with Gasteiger partial charge >= 0.3 is 0 Å². The van der Waals surface area contributed by atoms with E-state index in [0.717, 1.165) is 35.0 Å². The summed E-state index contributed by atoms with van der Waals surface area (Å²) in [6, 6.07) is 16.7. The summed E-state index contributed by atoms with van der Waals surface area (Å²) in [5, 5.41) is 0.911. The van der Waals surface area contributed by atoms with Crippen LogP contribution >= 0.6 is 0 Å². The van der Waals surface area contributed by atoms with Gasteiger partial charge in [-0.25, -0.2) is 4.39 Å². The molecule has 0 atom stereocenters. The molecule has 1 amide bonds. The molecular formula is C23H22FN3O. The Morgan fingerprint density at radius 3 is 2.43 bits per heavy atom. The van der Waals surface area contributed by atoms with Gasteiger partial charge in [0.15, 0.2) is 0 Å². The largest absolute Gasteiger partial charge is 0.366 e. The molecule has 0 spiro atoms. The van der Waals surface area contributed by atoms with Crippen LogP contribution in [0.15, 0.2) is 54.6 Å². The lowest BCUT2D eigenvalue weighted by Crippen LogP contribution is -2.49. The van der Waals surface area contributed by atoms with Crippen LogP contribution in [0.1, 0.15) is 34.8 Å². The Labute approximate surface area is 163 Å². The standard InChI is InChI=1S/C23H22FN3O/c24-19-6-2-4-8-22(19)26-11-13-27(14-12-26)23(28)18-15-21(16-9-10-16)25-20-7-3-1-5-17(18)20/h1-8,15-16H,9-14H2. The van der Waals surface area contributed by atoms with Crippen LogP contribution in [0.2, 0.25) is 0 Å². The third-order valence-electron chi connectivity index (χ3n) is 5.72. The first-order valence-corrected chi connectivity index (χ1v) is 9.89. The van der Waals surface area contributed by atoms with Gasteiger partial charge in [-0.3, -0.25) is 9.78 Å². The molecule has 5 heteroatoms. The molecule has 0 bridgehead atoms. The molecule has 28 heavy (non-hydrogen) atoms. The third-order valence-corrected chi connectivity index (χ3v) is 5.72. The van der Waals surface area contributed by atoms with E-state index in [2.05, 4.69) is 0 Å². The fourth-order valence-corrected chi connectivity index (χ4v) is 3.99. The maximum atomic E-state index is 14.1. The maximum absolute atomic E-state index is 14.1. The van der Waals surface area contributed by atoms with E-state index < -0.39 is 0 Å². The number of hydrogen-bond acceptors (Lipinski definition) is 3. The van der Waals surface area contributed by atoms with Gasteiger partial charge in [0, 0.05) is 43.2 Å². The first-order chi connectivity index (χ1) is 13.7. The zero-order valence-corrected chi connectivity index (χ0v) is 15.6. The lowest BCUT2D eigenvalue weighted by Gasteiger charge is -2.36. The average Bonchev–Trinajstić information content (AvgIpc) is 3.58. The van der Waals surface area contributed by atoms with Crippen molar-refractivity contribution in [1.82, 2.24) is 9.88 Å². The molecule has 1 saturated carbocycles. The van der Waals surface area contributed by atoms with Gasteiger partial charge in [-0.2, -0.15) is 0 Å². The fourth-order valence-electron chi connectivity index (χ4n) is 3.99. The van der Waals surface area contributed by atoms with Crippen molar-refractivity contribution in [3.63, 3.8) is 0 Å². The van der Waals surface area contributed by atoms with E-state index in [4.69, 9.17) is 4.98 Å². The smallest absolute Gasteiger partial charge is 0.254 e. The van der Waals surface area contributed by atoms with E-state index in [-0.39, 0.29) is 11.7 Å². The number of halogens is 1. The molecule has 1 saturated heterocycles. The van der Waals surface area contributed by atoms with Crippen LogP contribution in [-0.2, 0) is 0 Å². The Kier molecular flexibility index (Phi) is 4.23. The number of nitrogens with zero attached hydrogens (tertiary/aromatic N) is 3. The molecule has 0 unspecified atom stereocenters. The van der Waals surface area contributed by atoms with Crippen molar-refractivity contribution in [3.05, 3.63) is 71.7 Å². The number of benzene rings is 2. The van der Waals surface area contributed by atoms with Crippen LogP contribution in [0.4, 0.5) is 10.1 Å². The number of para-hydroxylation sites is 2. The van der Waals surface area contributed by atoms with E-state index in [9.17, 15) is 9.18 Å². The number of rotatable bonds is 3. The summed E-state index contributed by atoms with van der Waals surface area (Å²) in [6.07, 6.45) is 2.31. The molecule has 1 aromatic heterocycles. The molecule has 1 aliphatic carbocycles. The van der Waals surface area contributed by atoms with Gasteiger partial charge in [0.1, 0.15) is 5.82 Å². The zero-order chi connectivity index (χ0) is 19.1. The number of aromatic nitrogens is 1. The second-order valence-corrected chi connectivity index (χ2v) is 7.62. The normalized spacial score (nSPS) is 17.2. The summed E-state index contributed by atoms with van der Waals surface area (Å²) >= 11 is 0. The minimum absolute atomic E-state index is 0.0497. The first-order valence-electron chi connectivity index (χ1n) is 9.89. The van der Waals surface area contributed by atoms with Gasteiger partial charge in [0.2, 0.25) is 0 Å². The highest BCUT2D eigenvalue weighted by Gasteiger charge is 2.29. The lowest BCUT2D eigenvalue weighted by molar-refractivity contribution is 0.0748. The van der Waals surface area contributed by atoms with Crippen molar-refractivity contribution in [1.29, 1.82) is 0 Å². The minimum atomic E-state index is -0.212. The molecular weight excluding hydrogens is 353 g/mol. The highest BCUT2D eigenvalue weighted by atomic mass is 19.1. The van der Waals surface area contributed by atoms with Crippen molar-refractivity contribution >= 4 is 22.5 Å². The van der Waals surface area contributed by atoms with Crippen LogP contribution in [-0.4, -0.2) is 42.0 Å². The highest BCUT2D eigenvalue weighted by molar-refractivity contribution is 6.06. The van der Waals surface area contributed by atoms with Crippen molar-refractivity contribution in [2.24, 2.45) is 0 Å². The molecule has 2 aliphatic rings. The number of carbonyl (C=O) groups is 1. The van der Waals surface area contributed by atoms with Gasteiger partial charge in [-0.15, -0.1) is 0 Å². The number of anilines is 1. The third kappa shape index (κ3) is 3.11. The van der Waals surface area contributed by atoms with Crippen LogP contribution in [0.3, 0.4) is 0 Å². The van der Waals surface area contributed by atoms with E-state index in [1.54, 1.807) is 12.1 Å². The predicted octanol–water partition coefficient (Wildman–Crippen LogP) is 4.21. The van der Waals surface area contributed by atoms with Crippen molar-refractivity contribution in [2.75, 3.05) is 31.1 Å². The molecule has 3 aromatic rings. The topological polar surface area (TPSA) is 36.4 Å². The molecule has 0 N–H and O–H groups in total. The van der Waals surface area contributed by atoms with E-state index in [1.165, 1.54) is 6.07 Å². The minimum Gasteiger partial charge on any atom is -0.366 e. The van der Waals surface area contributed by atoms with E-state index in [0.29, 0.717) is 37.8 Å². The summed E-state index contributed by atoms with van der Waals surface area (Å²) in [4.78, 5) is 22.0. The molecule has 2 fully saturated rings. The summed E-state index contributed by atoms with van der Waals surface area (Å²) in [5.74, 6) is 0.333. The SMILES string of the molecule is O=C(c1cc(C2CC2)nc2ccccc12)N1CCN(c2ccccc2F)CC1. The Morgan fingerprint density at radius 2 is 1.68 bits per heavy atom. The lowest BCUT2D eigenvalue weighted by atomic mass is 10.0. The molecule has 142 valence electrons. The van der Waals surface area contributed by atoms with Crippen LogP contribution < -0.4 is 4.90 Å². The van der Waals surface area contributed by atoms with Crippen LogP contribution in [0, 0.1) is 5.82 Å². The van der Waals surface area contributed by atoms with Gasteiger partial charge in [0.05, 0.1) is 16.8 Å². The van der Waals surface area contributed by atoms with Gasteiger partial charge < -0.3 is 9.80 Å². The number of pyridine rings is 1. The van der Waals surface area contributed by atoms with E-state index >= 15 is 0 Å². The summed E-state index contributed by atoms with van der Waals surface area (Å²) in [6.45, 7) is 2.43. The first kappa shape index (κ1) is 17.2. The Balaban J connectivity index is 1.40. The Hall–Kier alpha value is -2.95. The number of piperazine rings is 1. The molecule has 5 rings (SSSR count). The summed E-state index contributed by atoms with van der Waals surface area (Å²) < 4.78 is 14.1. The zero-order valence-electron chi connectivity index (χ0n) is 15.6. The van der Waals surface area contributed by atoms with Crippen LogP contribution in [0.25, 0.3) is 10.9 Å². The average molecular weight is 375 g/mol. The number of amides is 1. The maximum Gasteiger partial charge on any atom is 0.254 e. The Morgan fingerprint density at radius 1 is 0.964 bits per heavy atom. The van der Waals surface area contributed by atoms with Gasteiger partial charge in [-0.05, 0) is 37.1 Å². The van der Waals surface area contributed by atoms with E-state index in [1.807, 2.05) is 46.2 Å². The summed E-state index contributed by atoms with van der Waals surface area (Å²) in [7, 11) is 0. The molecule has 0 radical (unpaired) electrons.